The van der Waals surface area contributed by atoms with Crippen molar-refractivity contribution in [1.29, 1.82) is 0 Å². The van der Waals surface area contributed by atoms with Gasteiger partial charge in [-0.2, -0.15) is 13.2 Å². The highest BCUT2D eigenvalue weighted by atomic mass is 32.2. The number of amidine groups is 1. The number of nitrogens with zero attached hydrogens (tertiary/aromatic N) is 1. The van der Waals surface area contributed by atoms with Crippen LogP contribution in [0.3, 0.4) is 0 Å². The van der Waals surface area contributed by atoms with Crippen LogP contribution in [0.2, 0.25) is 0 Å². The van der Waals surface area contributed by atoms with E-state index >= 15 is 0 Å². The SMILES string of the molecule is CC(C)C1CCSC(Nc2cccc(C(F)(F)F)c2)=N1. The molecule has 0 amide bonds. The molecule has 1 atom stereocenters. The van der Waals surface area contributed by atoms with Crippen molar-refractivity contribution in [1.82, 2.24) is 0 Å². The van der Waals surface area contributed by atoms with Gasteiger partial charge in [0.05, 0.1) is 11.6 Å². The van der Waals surface area contributed by atoms with Crippen molar-refractivity contribution in [2.75, 3.05) is 11.1 Å². The molecule has 20 heavy (non-hydrogen) atoms. The summed E-state index contributed by atoms with van der Waals surface area (Å²) < 4.78 is 38.0. The highest BCUT2D eigenvalue weighted by Crippen LogP contribution is 2.31. The van der Waals surface area contributed by atoms with Crippen LogP contribution in [0.4, 0.5) is 18.9 Å². The largest absolute Gasteiger partial charge is 0.416 e. The monoisotopic (exact) mass is 302 g/mol. The summed E-state index contributed by atoms with van der Waals surface area (Å²) in [6.07, 6.45) is -3.31. The van der Waals surface area contributed by atoms with Crippen molar-refractivity contribution in [3.05, 3.63) is 29.8 Å². The summed E-state index contributed by atoms with van der Waals surface area (Å²) >= 11 is 1.55. The lowest BCUT2D eigenvalue weighted by molar-refractivity contribution is -0.137. The third-order valence-corrected chi connectivity index (χ3v) is 4.07. The van der Waals surface area contributed by atoms with E-state index in [4.69, 9.17) is 0 Å². The number of halogens is 3. The first kappa shape index (κ1) is 15.2. The van der Waals surface area contributed by atoms with Crippen molar-refractivity contribution >= 4 is 22.6 Å². The van der Waals surface area contributed by atoms with E-state index in [2.05, 4.69) is 24.2 Å². The molecule has 0 radical (unpaired) electrons. The van der Waals surface area contributed by atoms with Crippen LogP contribution >= 0.6 is 11.8 Å². The van der Waals surface area contributed by atoms with Crippen LogP contribution in [0.5, 0.6) is 0 Å². The Morgan fingerprint density at radius 2 is 2.10 bits per heavy atom. The Kier molecular flexibility index (Phi) is 4.62. The van der Waals surface area contributed by atoms with E-state index in [0.29, 0.717) is 16.8 Å². The van der Waals surface area contributed by atoms with Crippen molar-refractivity contribution in [2.24, 2.45) is 10.9 Å². The molecule has 1 aliphatic heterocycles. The summed E-state index contributed by atoms with van der Waals surface area (Å²) in [5.41, 5.74) is -0.222. The first-order valence-corrected chi connectivity index (χ1v) is 7.49. The highest BCUT2D eigenvalue weighted by Gasteiger charge is 2.30. The van der Waals surface area contributed by atoms with E-state index in [9.17, 15) is 13.2 Å². The molecule has 0 aromatic heterocycles. The maximum Gasteiger partial charge on any atom is 0.416 e. The van der Waals surface area contributed by atoms with Gasteiger partial charge in [0.2, 0.25) is 0 Å². The predicted molar refractivity (Wildman–Crippen MR) is 78.2 cm³/mol. The Morgan fingerprint density at radius 1 is 1.35 bits per heavy atom. The number of benzene rings is 1. The molecular weight excluding hydrogens is 285 g/mol. The first-order valence-electron chi connectivity index (χ1n) is 6.51. The second-order valence-corrected chi connectivity index (χ2v) is 6.17. The predicted octanol–water partition coefficient (Wildman–Crippen LogP) is 4.63. The minimum atomic E-state index is -4.32. The molecule has 110 valence electrons. The maximum atomic E-state index is 12.7. The average Bonchev–Trinajstić information content (AvgIpc) is 2.38. The fourth-order valence-electron chi connectivity index (χ4n) is 1.98. The molecule has 1 aromatic carbocycles. The lowest BCUT2D eigenvalue weighted by atomic mass is 10.0. The van der Waals surface area contributed by atoms with Gasteiger partial charge in [-0.05, 0) is 30.5 Å². The Hall–Kier alpha value is -1.17. The average molecular weight is 302 g/mol. The zero-order valence-corrected chi connectivity index (χ0v) is 12.2. The van der Waals surface area contributed by atoms with Crippen LogP contribution in [0, 0.1) is 5.92 Å². The van der Waals surface area contributed by atoms with Gasteiger partial charge in [0, 0.05) is 11.4 Å². The zero-order chi connectivity index (χ0) is 14.8. The van der Waals surface area contributed by atoms with Crippen molar-refractivity contribution in [3.8, 4) is 0 Å². The number of rotatable bonds is 2. The Morgan fingerprint density at radius 3 is 2.75 bits per heavy atom. The van der Waals surface area contributed by atoms with Gasteiger partial charge in [-0.25, -0.2) is 0 Å². The number of aliphatic imine (C=N–C) groups is 1. The molecular formula is C14H17F3N2S. The van der Waals surface area contributed by atoms with E-state index < -0.39 is 11.7 Å². The van der Waals surface area contributed by atoms with Gasteiger partial charge in [-0.15, -0.1) is 0 Å². The zero-order valence-electron chi connectivity index (χ0n) is 11.4. The van der Waals surface area contributed by atoms with Gasteiger partial charge < -0.3 is 5.32 Å². The standard InChI is InChI=1S/C14H17F3N2S/c1-9(2)12-6-7-20-13(19-12)18-11-5-3-4-10(8-11)14(15,16)17/h3-5,8-9,12H,6-7H2,1-2H3,(H,18,19). The Balaban J connectivity index is 2.14. The minimum absolute atomic E-state index is 0.240. The number of hydrogen-bond donors (Lipinski definition) is 1. The van der Waals surface area contributed by atoms with Crippen LogP contribution in [0.25, 0.3) is 0 Å². The Bertz CT molecular complexity index is 497. The van der Waals surface area contributed by atoms with Crippen molar-refractivity contribution in [2.45, 2.75) is 32.5 Å². The molecule has 1 unspecified atom stereocenters. The van der Waals surface area contributed by atoms with E-state index in [1.54, 1.807) is 17.8 Å². The van der Waals surface area contributed by atoms with E-state index in [0.717, 1.165) is 24.3 Å². The van der Waals surface area contributed by atoms with Crippen LogP contribution in [0.15, 0.2) is 29.3 Å². The molecule has 1 heterocycles. The third-order valence-electron chi connectivity index (χ3n) is 3.15. The Labute approximate surface area is 120 Å². The first-order chi connectivity index (χ1) is 9.36. The second kappa shape index (κ2) is 6.08. The normalized spacial score (nSPS) is 19.9. The molecule has 1 aliphatic rings. The van der Waals surface area contributed by atoms with Gasteiger partial charge in [-0.3, -0.25) is 4.99 Å². The molecule has 0 saturated carbocycles. The highest BCUT2D eigenvalue weighted by molar-refractivity contribution is 8.14. The van der Waals surface area contributed by atoms with Gasteiger partial charge >= 0.3 is 6.18 Å². The second-order valence-electron chi connectivity index (χ2n) is 5.09. The number of nitrogens with one attached hydrogen (secondary N) is 1. The molecule has 2 rings (SSSR count). The third kappa shape index (κ3) is 3.91. The van der Waals surface area contributed by atoms with E-state index in [1.165, 1.54) is 6.07 Å². The van der Waals surface area contributed by atoms with Gasteiger partial charge in [0.15, 0.2) is 5.17 Å². The van der Waals surface area contributed by atoms with Crippen LogP contribution < -0.4 is 5.32 Å². The van der Waals surface area contributed by atoms with E-state index in [1.807, 2.05) is 0 Å². The van der Waals surface area contributed by atoms with Gasteiger partial charge in [0.1, 0.15) is 0 Å². The number of alkyl halides is 3. The molecule has 0 saturated heterocycles. The summed E-state index contributed by atoms with van der Waals surface area (Å²) in [6, 6.07) is 5.45. The molecule has 1 N–H and O–H groups in total. The molecule has 0 bridgehead atoms. The summed E-state index contributed by atoms with van der Waals surface area (Å²) in [5.74, 6) is 1.38. The van der Waals surface area contributed by atoms with Crippen LogP contribution in [-0.2, 0) is 6.18 Å². The van der Waals surface area contributed by atoms with Crippen molar-refractivity contribution < 1.29 is 13.2 Å². The van der Waals surface area contributed by atoms with Gasteiger partial charge in [0.25, 0.3) is 0 Å². The minimum Gasteiger partial charge on any atom is -0.335 e. The number of anilines is 1. The molecule has 6 heteroatoms. The number of thioether (sulfide) groups is 1. The molecule has 1 aromatic rings. The lowest BCUT2D eigenvalue weighted by Gasteiger charge is -2.23. The number of hydrogen-bond acceptors (Lipinski definition) is 3. The molecule has 2 nitrogen and oxygen atoms in total. The smallest absolute Gasteiger partial charge is 0.335 e. The fraction of sp³-hybridized carbons (Fsp3) is 0.500. The molecule has 0 fully saturated rings. The van der Waals surface area contributed by atoms with Gasteiger partial charge in [-0.1, -0.05) is 31.7 Å². The molecule has 0 spiro atoms. The summed E-state index contributed by atoms with van der Waals surface area (Å²) in [4.78, 5) is 4.56. The topological polar surface area (TPSA) is 24.4 Å². The summed E-state index contributed by atoms with van der Waals surface area (Å²) in [7, 11) is 0. The lowest BCUT2D eigenvalue weighted by Crippen LogP contribution is -2.24. The van der Waals surface area contributed by atoms with Crippen LogP contribution in [0.1, 0.15) is 25.8 Å². The maximum absolute atomic E-state index is 12.7. The molecule has 0 aliphatic carbocycles. The summed E-state index contributed by atoms with van der Waals surface area (Å²) in [6.45, 7) is 4.21. The quantitative estimate of drug-likeness (QED) is 0.861. The summed E-state index contributed by atoms with van der Waals surface area (Å²) in [5, 5.41) is 3.69. The van der Waals surface area contributed by atoms with Crippen molar-refractivity contribution in [3.63, 3.8) is 0 Å². The van der Waals surface area contributed by atoms with Crippen LogP contribution in [-0.4, -0.2) is 17.0 Å². The van der Waals surface area contributed by atoms with E-state index in [-0.39, 0.29) is 6.04 Å². The fourth-order valence-corrected chi connectivity index (χ4v) is 2.93.